The van der Waals surface area contributed by atoms with Crippen molar-refractivity contribution in [3.63, 3.8) is 0 Å². The highest BCUT2D eigenvalue weighted by Crippen LogP contribution is 2.32. The summed E-state index contributed by atoms with van der Waals surface area (Å²) >= 11 is 1.50. The summed E-state index contributed by atoms with van der Waals surface area (Å²) in [7, 11) is 0. The Balaban J connectivity index is 1.52. The SMILES string of the molecule is CSCCC(NC(=O)CCNC(=O)COc1ccc2c3c(c(=O)oc2c1C)CCCC3)C(=O)O. The molecule has 1 heterocycles. The van der Waals surface area contributed by atoms with Crippen molar-refractivity contribution in [2.24, 2.45) is 0 Å². The smallest absolute Gasteiger partial charge is 0.339 e. The Hall–Kier alpha value is -3.01. The van der Waals surface area contributed by atoms with E-state index in [0.717, 1.165) is 42.2 Å². The zero-order valence-electron chi connectivity index (χ0n) is 19.4. The largest absolute Gasteiger partial charge is 0.483 e. The highest BCUT2D eigenvalue weighted by molar-refractivity contribution is 7.98. The summed E-state index contributed by atoms with van der Waals surface area (Å²) in [6, 6.07) is 2.69. The summed E-state index contributed by atoms with van der Waals surface area (Å²) in [4.78, 5) is 47.7. The van der Waals surface area contributed by atoms with E-state index in [2.05, 4.69) is 10.6 Å². The van der Waals surface area contributed by atoms with Crippen LogP contribution in [0, 0.1) is 6.92 Å². The zero-order valence-corrected chi connectivity index (χ0v) is 20.2. The summed E-state index contributed by atoms with van der Waals surface area (Å²) < 4.78 is 11.2. The molecular formula is C24H30N2O7S. The molecule has 3 rings (SSSR count). The zero-order chi connectivity index (χ0) is 24.7. The summed E-state index contributed by atoms with van der Waals surface area (Å²) in [5.41, 5.74) is 2.63. The van der Waals surface area contributed by atoms with Gasteiger partial charge < -0.3 is 24.9 Å². The van der Waals surface area contributed by atoms with E-state index in [-0.39, 0.29) is 25.2 Å². The van der Waals surface area contributed by atoms with E-state index in [1.807, 2.05) is 12.3 Å². The molecule has 0 saturated carbocycles. The third-order valence-electron chi connectivity index (χ3n) is 5.87. The number of carbonyl (C=O) groups is 3. The molecule has 1 unspecified atom stereocenters. The Morgan fingerprint density at radius 1 is 1.18 bits per heavy atom. The van der Waals surface area contributed by atoms with Crippen LogP contribution in [0.15, 0.2) is 21.3 Å². The minimum atomic E-state index is -1.08. The highest BCUT2D eigenvalue weighted by atomic mass is 32.2. The Labute approximate surface area is 201 Å². The van der Waals surface area contributed by atoms with Gasteiger partial charge in [-0.05, 0) is 68.7 Å². The van der Waals surface area contributed by atoms with Gasteiger partial charge in [0.2, 0.25) is 5.91 Å². The fourth-order valence-corrected chi connectivity index (χ4v) is 4.52. The van der Waals surface area contributed by atoms with Crippen LogP contribution in [0.25, 0.3) is 11.0 Å². The number of thioether (sulfide) groups is 1. The van der Waals surface area contributed by atoms with Crippen LogP contribution in [0.1, 0.15) is 42.4 Å². The number of aliphatic carboxylic acids is 1. The van der Waals surface area contributed by atoms with E-state index in [0.29, 0.717) is 29.1 Å². The van der Waals surface area contributed by atoms with Crippen molar-refractivity contribution < 1.29 is 28.6 Å². The number of carbonyl (C=O) groups excluding carboxylic acids is 2. The molecule has 1 aromatic carbocycles. The molecule has 2 aromatic rings. The molecule has 0 fully saturated rings. The van der Waals surface area contributed by atoms with Gasteiger partial charge in [0.25, 0.3) is 5.91 Å². The number of ether oxygens (including phenoxy) is 1. The second-order valence-corrected chi connectivity index (χ2v) is 9.23. The van der Waals surface area contributed by atoms with Gasteiger partial charge in [0.05, 0.1) is 0 Å². The van der Waals surface area contributed by atoms with Gasteiger partial charge in [0.15, 0.2) is 6.61 Å². The number of hydrogen-bond donors (Lipinski definition) is 3. The van der Waals surface area contributed by atoms with E-state index in [9.17, 15) is 19.2 Å². The van der Waals surface area contributed by atoms with Gasteiger partial charge in [0, 0.05) is 29.5 Å². The van der Waals surface area contributed by atoms with Crippen molar-refractivity contribution in [1.29, 1.82) is 0 Å². The second-order valence-electron chi connectivity index (χ2n) is 8.25. The topological polar surface area (TPSA) is 135 Å². The Morgan fingerprint density at radius 2 is 1.91 bits per heavy atom. The maximum atomic E-state index is 12.4. The quantitative estimate of drug-likeness (QED) is 0.408. The van der Waals surface area contributed by atoms with E-state index >= 15 is 0 Å². The van der Waals surface area contributed by atoms with Gasteiger partial charge in [0.1, 0.15) is 17.4 Å². The van der Waals surface area contributed by atoms with Crippen molar-refractivity contribution >= 4 is 40.5 Å². The molecule has 1 aliphatic carbocycles. The maximum Gasteiger partial charge on any atom is 0.339 e. The Bertz CT molecular complexity index is 1130. The first-order chi connectivity index (χ1) is 16.3. The molecule has 0 saturated heterocycles. The Kier molecular flexibility index (Phi) is 8.98. The monoisotopic (exact) mass is 490 g/mol. The first-order valence-corrected chi connectivity index (χ1v) is 12.7. The molecule has 1 atom stereocenters. The molecule has 10 heteroatoms. The molecule has 0 spiro atoms. The molecule has 0 radical (unpaired) electrons. The number of amides is 2. The average Bonchev–Trinajstić information content (AvgIpc) is 2.82. The van der Waals surface area contributed by atoms with Crippen molar-refractivity contribution in [2.45, 2.75) is 51.5 Å². The van der Waals surface area contributed by atoms with Crippen molar-refractivity contribution in [3.05, 3.63) is 39.2 Å². The summed E-state index contributed by atoms with van der Waals surface area (Å²) in [5.74, 6) is -0.889. The first-order valence-electron chi connectivity index (χ1n) is 11.3. The lowest BCUT2D eigenvalue weighted by atomic mass is 9.90. The molecule has 34 heavy (non-hydrogen) atoms. The minimum absolute atomic E-state index is 0.0416. The third-order valence-corrected chi connectivity index (χ3v) is 6.51. The van der Waals surface area contributed by atoms with Gasteiger partial charge in [-0.15, -0.1) is 0 Å². The third kappa shape index (κ3) is 6.31. The molecule has 0 aliphatic heterocycles. The lowest BCUT2D eigenvalue weighted by Crippen LogP contribution is -2.42. The van der Waals surface area contributed by atoms with Crippen LogP contribution in [-0.4, -0.2) is 54.1 Å². The van der Waals surface area contributed by atoms with Crippen LogP contribution in [0.4, 0.5) is 0 Å². The molecule has 9 nitrogen and oxygen atoms in total. The maximum absolute atomic E-state index is 12.4. The predicted molar refractivity (Wildman–Crippen MR) is 130 cm³/mol. The van der Waals surface area contributed by atoms with Crippen LogP contribution < -0.4 is 21.0 Å². The molecular weight excluding hydrogens is 460 g/mol. The number of benzene rings is 1. The highest BCUT2D eigenvalue weighted by Gasteiger charge is 2.21. The Morgan fingerprint density at radius 3 is 2.62 bits per heavy atom. The van der Waals surface area contributed by atoms with E-state index in [1.54, 1.807) is 13.0 Å². The van der Waals surface area contributed by atoms with Crippen LogP contribution in [-0.2, 0) is 27.2 Å². The number of fused-ring (bicyclic) bond motifs is 3. The lowest BCUT2D eigenvalue weighted by molar-refractivity contribution is -0.141. The molecule has 3 N–H and O–H groups in total. The fraction of sp³-hybridized carbons (Fsp3) is 0.500. The van der Waals surface area contributed by atoms with E-state index in [1.165, 1.54) is 11.8 Å². The normalized spacial score (nSPS) is 13.7. The van der Waals surface area contributed by atoms with Crippen LogP contribution >= 0.6 is 11.8 Å². The van der Waals surface area contributed by atoms with Gasteiger partial charge in [-0.2, -0.15) is 11.8 Å². The number of hydrogen-bond acceptors (Lipinski definition) is 7. The van der Waals surface area contributed by atoms with Crippen LogP contribution in [0.3, 0.4) is 0 Å². The molecule has 1 aromatic heterocycles. The summed E-state index contributed by atoms with van der Waals surface area (Å²) in [6.07, 6.45) is 5.75. The fourth-order valence-electron chi connectivity index (χ4n) is 4.05. The molecule has 1 aliphatic rings. The first kappa shape index (κ1) is 25.6. The number of carboxylic acid groups (broad SMARTS) is 1. The molecule has 0 bridgehead atoms. The molecule has 184 valence electrons. The number of rotatable bonds is 11. The minimum Gasteiger partial charge on any atom is -0.483 e. The van der Waals surface area contributed by atoms with Crippen molar-refractivity contribution in [1.82, 2.24) is 10.6 Å². The summed E-state index contributed by atoms with van der Waals surface area (Å²) in [5, 5.41) is 15.1. The number of aryl methyl sites for hydroxylation is 2. The van der Waals surface area contributed by atoms with Crippen molar-refractivity contribution in [3.8, 4) is 5.75 Å². The number of carboxylic acids is 1. The van der Waals surface area contributed by atoms with E-state index in [4.69, 9.17) is 14.3 Å². The predicted octanol–water partition coefficient (Wildman–Crippen LogP) is 2.19. The van der Waals surface area contributed by atoms with Crippen molar-refractivity contribution in [2.75, 3.05) is 25.2 Å². The van der Waals surface area contributed by atoms with E-state index < -0.39 is 23.8 Å². The molecule has 2 amide bonds. The van der Waals surface area contributed by atoms with Gasteiger partial charge in [-0.1, -0.05) is 0 Å². The second kappa shape index (κ2) is 11.9. The lowest BCUT2D eigenvalue weighted by Gasteiger charge is -2.18. The van der Waals surface area contributed by atoms with Gasteiger partial charge in [-0.3, -0.25) is 9.59 Å². The standard InChI is InChI=1S/C24H30N2O7S/c1-14-19(8-7-16-15-5-3-4-6-17(15)24(31)33-22(14)16)32-13-21(28)25-11-9-20(27)26-18(23(29)30)10-12-34-2/h7-8,18H,3-6,9-13H2,1-2H3,(H,25,28)(H,26,27)(H,29,30). The van der Waals surface area contributed by atoms with Crippen LogP contribution in [0.5, 0.6) is 5.75 Å². The average molecular weight is 491 g/mol. The van der Waals surface area contributed by atoms with Gasteiger partial charge >= 0.3 is 11.6 Å². The van der Waals surface area contributed by atoms with Crippen LogP contribution in [0.2, 0.25) is 0 Å². The number of nitrogens with one attached hydrogen (secondary N) is 2. The van der Waals surface area contributed by atoms with Gasteiger partial charge in [-0.25, -0.2) is 9.59 Å². The summed E-state index contributed by atoms with van der Waals surface area (Å²) in [6.45, 7) is 1.57.